The predicted octanol–water partition coefficient (Wildman–Crippen LogP) is 0.646. The summed E-state index contributed by atoms with van der Waals surface area (Å²) in [6.45, 7) is 4.76. The Morgan fingerprint density at radius 1 is 1.57 bits per heavy atom. The number of nitrogens with one attached hydrogen (secondary N) is 1. The SMILES string of the molecule is CC[C@H](CO)NCc1ccnc(C)n1. The van der Waals surface area contributed by atoms with Crippen LogP contribution in [0.5, 0.6) is 0 Å². The van der Waals surface area contributed by atoms with Crippen molar-refractivity contribution in [2.45, 2.75) is 32.9 Å². The molecule has 1 heterocycles. The van der Waals surface area contributed by atoms with E-state index in [1.165, 1.54) is 0 Å². The molecule has 0 saturated carbocycles. The van der Waals surface area contributed by atoms with Crippen LogP contribution in [0.25, 0.3) is 0 Å². The lowest BCUT2D eigenvalue weighted by atomic mass is 10.2. The van der Waals surface area contributed by atoms with Gasteiger partial charge in [0, 0.05) is 18.8 Å². The predicted molar refractivity (Wildman–Crippen MR) is 54.8 cm³/mol. The number of hydrogen-bond acceptors (Lipinski definition) is 4. The molecule has 0 amide bonds. The molecule has 0 spiro atoms. The van der Waals surface area contributed by atoms with Gasteiger partial charge in [0.25, 0.3) is 0 Å². The molecule has 0 aliphatic rings. The third-order valence-electron chi connectivity index (χ3n) is 2.12. The Kier molecular flexibility index (Phi) is 4.49. The molecule has 1 aromatic rings. The van der Waals surface area contributed by atoms with Crippen LogP contribution in [0.2, 0.25) is 0 Å². The Morgan fingerprint density at radius 3 is 2.93 bits per heavy atom. The first-order chi connectivity index (χ1) is 6.76. The molecular formula is C10H17N3O. The minimum Gasteiger partial charge on any atom is -0.395 e. The zero-order valence-electron chi connectivity index (χ0n) is 8.70. The van der Waals surface area contributed by atoms with Gasteiger partial charge in [-0.05, 0) is 19.4 Å². The lowest BCUT2D eigenvalue weighted by molar-refractivity contribution is 0.238. The molecule has 1 aromatic heterocycles. The van der Waals surface area contributed by atoms with Crippen LogP contribution < -0.4 is 5.32 Å². The van der Waals surface area contributed by atoms with Crippen LogP contribution >= 0.6 is 0 Å². The quantitative estimate of drug-likeness (QED) is 0.724. The van der Waals surface area contributed by atoms with E-state index in [1.54, 1.807) is 6.20 Å². The second kappa shape index (κ2) is 5.67. The average molecular weight is 195 g/mol. The topological polar surface area (TPSA) is 58.0 Å². The number of aliphatic hydroxyl groups is 1. The van der Waals surface area contributed by atoms with Gasteiger partial charge < -0.3 is 10.4 Å². The van der Waals surface area contributed by atoms with Gasteiger partial charge >= 0.3 is 0 Å². The van der Waals surface area contributed by atoms with Gasteiger partial charge in [-0.15, -0.1) is 0 Å². The molecule has 78 valence electrons. The summed E-state index contributed by atoms with van der Waals surface area (Å²) in [5.41, 5.74) is 0.962. The summed E-state index contributed by atoms with van der Waals surface area (Å²) in [7, 11) is 0. The van der Waals surface area contributed by atoms with Crippen molar-refractivity contribution in [3.63, 3.8) is 0 Å². The Balaban J connectivity index is 2.44. The maximum Gasteiger partial charge on any atom is 0.125 e. The summed E-state index contributed by atoms with van der Waals surface area (Å²) >= 11 is 0. The number of hydrogen-bond donors (Lipinski definition) is 2. The summed E-state index contributed by atoms with van der Waals surface area (Å²) in [6, 6.07) is 2.04. The molecule has 1 rings (SSSR count). The van der Waals surface area contributed by atoms with Crippen LogP contribution in [0.1, 0.15) is 24.9 Å². The van der Waals surface area contributed by atoms with Crippen molar-refractivity contribution in [1.29, 1.82) is 0 Å². The fourth-order valence-electron chi connectivity index (χ4n) is 1.19. The van der Waals surface area contributed by atoms with Gasteiger partial charge in [-0.25, -0.2) is 9.97 Å². The molecule has 2 N–H and O–H groups in total. The molecule has 0 fully saturated rings. The van der Waals surface area contributed by atoms with E-state index in [9.17, 15) is 0 Å². The third-order valence-corrected chi connectivity index (χ3v) is 2.12. The molecule has 0 aliphatic carbocycles. The second-order valence-electron chi connectivity index (χ2n) is 3.26. The summed E-state index contributed by atoms with van der Waals surface area (Å²) < 4.78 is 0. The second-order valence-corrected chi connectivity index (χ2v) is 3.26. The number of rotatable bonds is 5. The summed E-state index contributed by atoms with van der Waals surface area (Å²) in [4.78, 5) is 8.28. The normalized spacial score (nSPS) is 12.8. The smallest absolute Gasteiger partial charge is 0.125 e. The first-order valence-corrected chi connectivity index (χ1v) is 4.89. The van der Waals surface area contributed by atoms with E-state index < -0.39 is 0 Å². The number of aryl methyl sites for hydroxylation is 1. The Hall–Kier alpha value is -1.00. The zero-order chi connectivity index (χ0) is 10.4. The van der Waals surface area contributed by atoms with E-state index in [2.05, 4.69) is 15.3 Å². The highest BCUT2D eigenvalue weighted by atomic mass is 16.3. The monoisotopic (exact) mass is 195 g/mol. The Bertz CT molecular complexity index is 274. The van der Waals surface area contributed by atoms with Gasteiger partial charge in [-0.2, -0.15) is 0 Å². The van der Waals surface area contributed by atoms with Crippen LogP contribution in [-0.4, -0.2) is 27.7 Å². The Morgan fingerprint density at radius 2 is 2.36 bits per heavy atom. The fraction of sp³-hybridized carbons (Fsp3) is 0.600. The largest absolute Gasteiger partial charge is 0.395 e. The highest BCUT2D eigenvalue weighted by molar-refractivity contribution is 5.01. The van der Waals surface area contributed by atoms with E-state index in [0.717, 1.165) is 17.9 Å². The third kappa shape index (κ3) is 3.40. The van der Waals surface area contributed by atoms with E-state index in [0.29, 0.717) is 6.54 Å². The van der Waals surface area contributed by atoms with Gasteiger partial charge in [0.2, 0.25) is 0 Å². The summed E-state index contributed by atoms with van der Waals surface area (Å²) in [6.07, 6.45) is 2.67. The first-order valence-electron chi connectivity index (χ1n) is 4.89. The molecule has 1 atom stereocenters. The van der Waals surface area contributed by atoms with Crippen molar-refractivity contribution in [3.05, 3.63) is 23.8 Å². The maximum atomic E-state index is 8.96. The average Bonchev–Trinajstić information content (AvgIpc) is 2.19. The standard InChI is InChI=1S/C10H17N3O/c1-3-9(7-14)12-6-10-4-5-11-8(2)13-10/h4-5,9,12,14H,3,6-7H2,1-2H3/t9-/m1/s1. The van der Waals surface area contributed by atoms with E-state index in [-0.39, 0.29) is 12.6 Å². The lowest BCUT2D eigenvalue weighted by Gasteiger charge is -2.13. The molecule has 0 aliphatic heterocycles. The van der Waals surface area contributed by atoms with Crippen LogP contribution in [0.15, 0.2) is 12.3 Å². The van der Waals surface area contributed by atoms with Crippen molar-refractivity contribution in [3.8, 4) is 0 Å². The summed E-state index contributed by atoms with van der Waals surface area (Å²) in [5, 5.41) is 12.2. The highest BCUT2D eigenvalue weighted by Crippen LogP contribution is 1.96. The van der Waals surface area contributed by atoms with Crippen LogP contribution in [-0.2, 0) is 6.54 Å². The highest BCUT2D eigenvalue weighted by Gasteiger charge is 2.03. The van der Waals surface area contributed by atoms with E-state index >= 15 is 0 Å². The van der Waals surface area contributed by atoms with Gasteiger partial charge in [-0.3, -0.25) is 0 Å². The molecule has 14 heavy (non-hydrogen) atoms. The number of nitrogens with zero attached hydrogens (tertiary/aromatic N) is 2. The zero-order valence-corrected chi connectivity index (χ0v) is 8.70. The molecule has 0 saturated heterocycles. The minimum absolute atomic E-state index is 0.158. The van der Waals surface area contributed by atoms with Gasteiger partial charge in [-0.1, -0.05) is 6.92 Å². The van der Waals surface area contributed by atoms with Gasteiger partial charge in [0.15, 0.2) is 0 Å². The van der Waals surface area contributed by atoms with Crippen LogP contribution in [0.3, 0.4) is 0 Å². The van der Waals surface area contributed by atoms with Gasteiger partial charge in [0.1, 0.15) is 5.82 Å². The van der Waals surface area contributed by atoms with E-state index in [1.807, 2.05) is 19.9 Å². The van der Waals surface area contributed by atoms with Crippen molar-refractivity contribution in [1.82, 2.24) is 15.3 Å². The van der Waals surface area contributed by atoms with Crippen molar-refractivity contribution in [2.24, 2.45) is 0 Å². The minimum atomic E-state index is 0.158. The van der Waals surface area contributed by atoms with Gasteiger partial charge in [0.05, 0.1) is 12.3 Å². The number of aromatic nitrogens is 2. The molecule has 0 radical (unpaired) electrons. The molecule has 4 heteroatoms. The van der Waals surface area contributed by atoms with E-state index in [4.69, 9.17) is 5.11 Å². The first kappa shape index (κ1) is 11.1. The van der Waals surface area contributed by atoms with Crippen molar-refractivity contribution < 1.29 is 5.11 Å². The molecular weight excluding hydrogens is 178 g/mol. The molecule has 0 aromatic carbocycles. The Labute approximate surface area is 84.4 Å². The van der Waals surface area contributed by atoms with Crippen LogP contribution in [0, 0.1) is 6.92 Å². The lowest BCUT2D eigenvalue weighted by Crippen LogP contribution is -2.31. The van der Waals surface area contributed by atoms with Crippen LogP contribution in [0.4, 0.5) is 0 Å². The van der Waals surface area contributed by atoms with Crippen molar-refractivity contribution >= 4 is 0 Å². The summed E-state index contributed by atoms with van der Waals surface area (Å²) in [5.74, 6) is 0.779. The fourth-order valence-corrected chi connectivity index (χ4v) is 1.19. The molecule has 0 unspecified atom stereocenters. The molecule has 0 bridgehead atoms. The van der Waals surface area contributed by atoms with Crippen molar-refractivity contribution in [2.75, 3.05) is 6.61 Å². The maximum absolute atomic E-state index is 8.96. The number of aliphatic hydroxyl groups excluding tert-OH is 1. The molecule has 4 nitrogen and oxygen atoms in total.